The van der Waals surface area contributed by atoms with E-state index in [-0.39, 0.29) is 13.3 Å². The van der Waals surface area contributed by atoms with E-state index < -0.39 is 5.97 Å². The molecular weight excluding hydrogens is 146 g/mol. The Labute approximate surface area is 65.6 Å². The van der Waals surface area contributed by atoms with E-state index >= 15 is 0 Å². The van der Waals surface area contributed by atoms with Gasteiger partial charge in [0.2, 0.25) is 0 Å². The minimum atomic E-state index is -0.430. The summed E-state index contributed by atoms with van der Waals surface area (Å²) in [4.78, 5) is 10.8. The number of hydrogen-bond donors (Lipinski definition) is 2. The number of hydrogen-bond acceptors (Lipinski definition) is 4. The predicted molar refractivity (Wildman–Crippen MR) is 40.6 cm³/mol. The zero-order valence-corrected chi connectivity index (χ0v) is 6.54. The van der Waals surface area contributed by atoms with Gasteiger partial charge in [-0.3, -0.25) is 5.73 Å². The highest BCUT2D eigenvalue weighted by atomic mass is 16.5. The molecule has 0 bridgehead atoms. The summed E-state index contributed by atoms with van der Waals surface area (Å²) in [5.41, 5.74) is 5.45. The van der Waals surface area contributed by atoms with Gasteiger partial charge in [-0.25, -0.2) is 4.79 Å². The largest absolute Gasteiger partial charge is 0.447 e. The van der Waals surface area contributed by atoms with Crippen LogP contribution >= 0.6 is 0 Å². The summed E-state index contributed by atoms with van der Waals surface area (Å²) in [5, 5.41) is 8.41. The average molecular weight is 159 g/mol. The second kappa shape index (κ2) is 5.88. The molecule has 3 N–H and O–H groups in total. The lowest BCUT2D eigenvalue weighted by Crippen LogP contribution is -2.12. The van der Waals surface area contributed by atoms with Crippen LogP contribution < -0.4 is 5.73 Å². The number of nitrogens with two attached hydrogens (primary N) is 1. The minimum Gasteiger partial charge on any atom is -0.447 e. The van der Waals surface area contributed by atoms with Gasteiger partial charge in [0.05, 0.1) is 0 Å². The molecule has 0 heterocycles. The molecule has 0 aromatic carbocycles. The van der Waals surface area contributed by atoms with Crippen LogP contribution in [0.5, 0.6) is 0 Å². The van der Waals surface area contributed by atoms with E-state index in [1.165, 1.54) is 0 Å². The van der Waals surface area contributed by atoms with Crippen LogP contribution in [0.3, 0.4) is 0 Å². The van der Waals surface area contributed by atoms with Crippen molar-refractivity contribution in [3.63, 3.8) is 0 Å². The highest BCUT2D eigenvalue weighted by molar-refractivity contribution is 5.87. The summed E-state index contributed by atoms with van der Waals surface area (Å²) in [6.07, 6.45) is 2.07. The summed E-state index contributed by atoms with van der Waals surface area (Å²) in [7, 11) is 0. The summed E-state index contributed by atoms with van der Waals surface area (Å²) in [6, 6.07) is 0. The average Bonchev–Trinajstić information content (AvgIpc) is 2.00. The normalized spacial score (nSPS) is 11.4. The standard InChI is InChI=1S/C7H13NO3/c1-6(3-2-4-9)7(10)11-5-8/h3,9H,2,4-5,8H2,1H3/b6-3+. The zero-order chi connectivity index (χ0) is 8.69. The first-order valence-corrected chi connectivity index (χ1v) is 3.37. The lowest BCUT2D eigenvalue weighted by Gasteiger charge is -1.99. The van der Waals surface area contributed by atoms with E-state index in [0.29, 0.717) is 12.0 Å². The Morgan fingerprint density at radius 1 is 1.73 bits per heavy atom. The number of aliphatic hydroxyl groups excluding tert-OH is 1. The van der Waals surface area contributed by atoms with Gasteiger partial charge in [0, 0.05) is 12.2 Å². The van der Waals surface area contributed by atoms with Crippen molar-refractivity contribution in [1.82, 2.24) is 0 Å². The fourth-order valence-corrected chi connectivity index (χ4v) is 0.554. The van der Waals surface area contributed by atoms with Crippen LogP contribution in [0.25, 0.3) is 0 Å². The van der Waals surface area contributed by atoms with E-state index in [4.69, 9.17) is 10.8 Å². The molecule has 0 radical (unpaired) electrons. The number of carbonyl (C=O) groups is 1. The molecule has 0 aromatic heterocycles. The first-order valence-electron chi connectivity index (χ1n) is 3.37. The predicted octanol–water partition coefficient (Wildman–Crippen LogP) is -0.225. The Morgan fingerprint density at radius 3 is 2.82 bits per heavy atom. The Morgan fingerprint density at radius 2 is 2.36 bits per heavy atom. The van der Waals surface area contributed by atoms with Gasteiger partial charge in [-0.1, -0.05) is 6.08 Å². The zero-order valence-electron chi connectivity index (χ0n) is 6.54. The smallest absolute Gasteiger partial charge is 0.334 e. The van der Waals surface area contributed by atoms with E-state index in [1.54, 1.807) is 13.0 Å². The third-order valence-electron chi connectivity index (χ3n) is 1.12. The van der Waals surface area contributed by atoms with Crippen LogP contribution in [0.2, 0.25) is 0 Å². The van der Waals surface area contributed by atoms with E-state index in [2.05, 4.69) is 4.74 Å². The number of aliphatic hydroxyl groups is 1. The van der Waals surface area contributed by atoms with Crippen LogP contribution in [0.15, 0.2) is 11.6 Å². The van der Waals surface area contributed by atoms with Crippen molar-refractivity contribution in [3.8, 4) is 0 Å². The Kier molecular flexibility index (Phi) is 5.42. The highest BCUT2D eigenvalue weighted by Crippen LogP contribution is 1.97. The maximum Gasteiger partial charge on any atom is 0.334 e. The first kappa shape index (κ1) is 10.1. The monoisotopic (exact) mass is 159 g/mol. The van der Waals surface area contributed by atoms with Gasteiger partial charge in [-0.05, 0) is 13.3 Å². The van der Waals surface area contributed by atoms with E-state index in [0.717, 1.165) is 0 Å². The number of carbonyl (C=O) groups excluding carboxylic acids is 1. The minimum absolute atomic E-state index is 0.0350. The SMILES string of the molecule is C/C(=C\CCO)C(=O)OCN. The van der Waals surface area contributed by atoms with Gasteiger partial charge in [-0.2, -0.15) is 0 Å². The molecule has 0 amide bonds. The molecule has 0 fully saturated rings. The van der Waals surface area contributed by atoms with Gasteiger partial charge in [0.15, 0.2) is 0 Å². The molecule has 0 atom stereocenters. The lowest BCUT2D eigenvalue weighted by molar-refractivity contribution is -0.138. The number of ether oxygens (including phenoxy) is 1. The third-order valence-corrected chi connectivity index (χ3v) is 1.12. The van der Waals surface area contributed by atoms with Crippen molar-refractivity contribution in [2.75, 3.05) is 13.3 Å². The molecule has 4 heteroatoms. The summed E-state index contributed by atoms with van der Waals surface area (Å²) < 4.78 is 4.49. The second-order valence-electron chi connectivity index (χ2n) is 2.00. The molecule has 0 aromatic rings. The van der Waals surface area contributed by atoms with Crippen molar-refractivity contribution in [2.24, 2.45) is 5.73 Å². The summed E-state index contributed by atoms with van der Waals surface area (Å²) in [5.74, 6) is -0.430. The van der Waals surface area contributed by atoms with Crippen LogP contribution in [-0.4, -0.2) is 24.4 Å². The third kappa shape index (κ3) is 4.52. The van der Waals surface area contributed by atoms with Gasteiger partial charge in [0.1, 0.15) is 6.73 Å². The molecule has 0 aliphatic rings. The molecule has 0 saturated carbocycles. The molecule has 0 rings (SSSR count). The van der Waals surface area contributed by atoms with Gasteiger partial charge in [-0.15, -0.1) is 0 Å². The van der Waals surface area contributed by atoms with E-state index in [9.17, 15) is 4.79 Å². The van der Waals surface area contributed by atoms with Crippen molar-refractivity contribution < 1.29 is 14.6 Å². The first-order chi connectivity index (χ1) is 5.22. The van der Waals surface area contributed by atoms with Crippen LogP contribution in [0, 0.1) is 0 Å². The highest BCUT2D eigenvalue weighted by Gasteiger charge is 2.02. The molecule has 0 aliphatic carbocycles. The fourth-order valence-electron chi connectivity index (χ4n) is 0.554. The number of esters is 1. The summed E-state index contributed by atoms with van der Waals surface area (Å²) in [6.45, 7) is 1.55. The summed E-state index contributed by atoms with van der Waals surface area (Å²) >= 11 is 0. The molecule has 11 heavy (non-hydrogen) atoms. The van der Waals surface area contributed by atoms with Gasteiger partial charge in [0.25, 0.3) is 0 Å². The maximum absolute atomic E-state index is 10.8. The molecular formula is C7H13NO3. The van der Waals surface area contributed by atoms with Crippen molar-refractivity contribution in [1.29, 1.82) is 0 Å². The molecule has 64 valence electrons. The second-order valence-corrected chi connectivity index (χ2v) is 2.00. The molecule has 4 nitrogen and oxygen atoms in total. The molecule has 0 aliphatic heterocycles. The van der Waals surface area contributed by atoms with Crippen LogP contribution in [-0.2, 0) is 9.53 Å². The maximum atomic E-state index is 10.8. The van der Waals surface area contributed by atoms with Crippen molar-refractivity contribution in [3.05, 3.63) is 11.6 Å². The molecule has 0 unspecified atom stereocenters. The van der Waals surface area contributed by atoms with Crippen molar-refractivity contribution in [2.45, 2.75) is 13.3 Å². The molecule has 0 spiro atoms. The topological polar surface area (TPSA) is 72.5 Å². The van der Waals surface area contributed by atoms with Crippen LogP contribution in [0.4, 0.5) is 0 Å². The van der Waals surface area contributed by atoms with Gasteiger partial charge < -0.3 is 9.84 Å². The van der Waals surface area contributed by atoms with Gasteiger partial charge >= 0.3 is 5.97 Å². The Bertz CT molecular complexity index is 154. The van der Waals surface area contributed by atoms with Crippen LogP contribution in [0.1, 0.15) is 13.3 Å². The quantitative estimate of drug-likeness (QED) is 0.338. The molecule has 0 saturated heterocycles. The number of rotatable bonds is 4. The lowest BCUT2D eigenvalue weighted by atomic mass is 10.2. The Balaban J connectivity index is 3.80. The van der Waals surface area contributed by atoms with Crippen molar-refractivity contribution >= 4 is 5.97 Å². The van der Waals surface area contributed by atoms with E-state index in [1.807, 2.05) is 0 Å². The Hall–Kier alpha value is -0.870. The fraction of sp³-hybridized carbons (Fsp3) is 0.571.